The molecule has 0 atom stereocenters. The van der Waals surface area contributed by atoms with Gasteiger partial charge in [-0.1, -0.05) is 12.1 Å². The van der Waals surface area contributed by atoms with Gasteiger partial charge < -0.3 is 19.5 Å². The third-order valence-electron chi connectivity index (χ3n) is 3.62. The number of carbonyl (C=O) groups is 1. The van der Waals surface area contributed by atoms with Gasteiger partial charge in [0.25, 0.3) is 11.5 Å². The number of nitrogens with one attached hydrogen (secondary N) is 1. The van der Waals surface area contributed by atoms with Crippen molar-refractivity contribution in [3.8, 4) is 11.5 Å². The molecule has 0 unspecified atom stereocenters. The van der Waals surface area contributed by atoms with Crippen LogP contribution in [0.1, 0.15) is 5.56 Å². The molecule has 0 saturated heterocycles. The zero-order valence-electron chi connectivity index (χ0n) is 15.0. The van der Waals surface area contributed by atoms with Gasteiger partial charge in [0.2, 0.25) is 0 Å². The van der Waals surface area contributed by atoms with Crippen molar-refractivity contribution in [3.63, 3.8) is 0 Å². The van der Waals surface area contributed by atoms with Gasteiger partial charge in [0.15, 0.2) is 11.5 Å². The summed E-state index contributed by atoms with van der Waals surface area (Å²) in [6.45, 7) is 0.708. The van der Waals surface area contributed by atoms with Crippen LogP contribution in [-0.2, 0) is 9.53 Å². The second kappa shape index (κ2) is 9.43. The Kier molecular flexibility index (Phi) is 6.99. The summed E-state index contributed by atoms with van der Waals surface area (Å²) in [7, 11) is 4.63. The Morgan fingerprint density at radius 1 is 1.12 bits per heavy atom. The van der Waals surface area contributed by atoms with E-state index in [1.165, 1.54) is 17.7 Å². The summed E-state index contributed by atoms with van der Waals surface area (Å²) in [5.41, 5.74) is 0.579. The Labute approximate surface area is 151 Å². The summed E-state index contributed by atoms with van der Waals surface area (Å²) in [5, 5.41) is 2.73. The molecule has 2 rings (SSSR count). The number of amides is 1. The second-order valence-electron chi connectivity index (χ2n) is 5.30. The average molecular weight is 358 g/mol. The molecule has 0 bridgehead atoms. The Bertz CT molecular complexity index is 842. The van der Waals surface area contributed by atoms with E-state index in [0.717, 1.165) is 0 Å². The number of ether oxygens (including phenoxy) is 3. The first-order valence-corrected chi connectivity index (χ1v) is 7.99. The monoisotopic (exact) mass is 358 g/mol. The number of benzene rings is 1. The van der Waals surface area contributed by atoms with Crippen LogP contribution < -0.4 is 20.3 Å². The van der Waals surface area contributed by atoms with Gasteiger partial charge in [-0.2, -0.15) is 0 Å². The van der Waals surface area contributed by atoms with Gasteiger partial charge in [-0.05, 0) is 29.8 Å². The summed E-state index contributed by atoms with van der Waals surface area (Å²) in [5.74, 6) is 0.721. The number of aromatic nitrogens is 1. The van der Waals surface area contributed by atoms with Crippen molar-refractivity contribution in [1.82, 2.24) is 9.88 Å². The summed E-state index contributed by atoms with van der Waals surface area (Å²) >= 11 is 0. The number of carbonyl (C=O) groups excluding carboxylic acids is 1. The highest BCUT2D eigenvalue weighted by Gasteiger charge is 2.13. The van der Waals surface area contributed by atoms with E-state index < -0.39 is 0 Å². The van der Waals surface area contributed by atoms with E-state index in [1.54, 1.807) is 56.8 Å². The molecule has 7 heteroatoms. The first-order valence-electron chi connectivity index (χ1n) is 7.99. The Morgan fingerprint density at radius 2 is 1.88 bits per heavy atom. The standard InChI is InChI=1S/C19H22N2O5/c1-24-11-9-20-19(23)15(21-10-5-4-6-18(21)22)12-14-7-8-16(25-2)17(13-14)26-3/h4-8,10,12-13H,9,11H2,1-3H3,(H,20,23). The molecular formula is C19H22N2O5. The van der Waals surface area contributed by atoms with Crippen LogP contribution in [0.3, 0.4) is 0 Å². The molecule has 0 radical (unpaired) electrons. The number of hydrogen-bond acceptors (Lipinski definition) is 5. The van der Waals surface area contributed by atoms with Crippen molar-refractivity contribution in [3.05, 3.63) is 58.5 Å². The number of methoxy groups -OCH3 is 3. The van der Waals surface area contributed by atoms with Crippen LogP contribution in [0.2, 0.25) is 0 Å². The third kappa shape index (κ3) is 4.73. The lowest BCUT2D eigenvalue weighted by Gasteiger charge is -2.12. The molecule has 1 N–H and O–H groups in total. The topological polar surface area (TPSA) is 78.8 Å². The maximum Gasteiger partial charge on any atom is 0.268 e. The third-order valence-corrected chi connectivity index (χ3v) is 3.62. The molecule has 26 heavy (non-hydrogen) atoms. The van der Waals surface area contributed by atoms with Crippen molar-refractivity contribution in [2.75, 3.05) is 34.5 Å². The lowest BCUT2D eigenvalue weighted by molar-refractivity contribution is -0.116. The van der Waals surface area contributed by atoms with Gasteiger partial charge in [-0.15, -0.1) is 0 Å². The lowest BCUT2D eigenvalue weighted by atomic mass is 10.1. The molecule has 1 aromatic heterocycles. The van der Waals surface area contributed by atoms with E-state index in [9.17, 15) is 9.59 Å². The Morgan fingerprint density at radius 3 is 2.54 bits per heavy atom. The summed E-state index contributed by atoms with van der Waals surface area (Å²) in [6.07, 6.45) is 3.16. The van der Waals surface area contributed by atoms with Crippen LogP contribution in [0.4, 0.5) is 0 Å². The van der Waals surface area contributed by atoms with Crippen LogP contribution in [0.5, 0.6) is 11.5 Å². The minimum Gasteiger partial charge on any atom is -0.493 e. The van der Waals surface area contributed by atoms with Gasteiger partial charge in [0.05, 0.1) is 20.8 Å². The van der Waals surface area contributed by atoms with Gasteiger partial charge >= 0.3 is 0 Å². The maximum absolute atomic E-state index is 12.6. The second-order valence-corrected chi connectivity index (χ2v) is 5.30. The molecule has 0 aliphatic rings. The fraction of sp³-hybridized carbons (Fsp3) is 0.263. The van der Waals surface area contributed by atoms with E-state index in [-0.39, 0.29) is 17.2 Å². The van der Waals surface area contributed by atoms with Crippen molar-refractivity contribution in [2.45, 2.75) is 0 Å². The quantitative estimate of drug-likeness (QED) is 0.573. The normalized spacial score (nSPS) is 11.1. The molecular weight excluding hydrogens is 336 g/mol. The number of hydrogen-bond donors (Lipinski definition) is 1. The first kappa shape index (κ1) is 19.3. The van der Waals surface area contributed by atoms with Crippen LogP contribution in [0.25, 0.3) is 11.8 Å². The smallest absolute Gasteiger partial charge is 0.268 e. The fourth-order valence-corrected chi connectivity index (χ4v) is 2.33. The fourth-order valence-electron chi connectivity index (χ4n) is 2.33. The average Bonchev–Trinajstić information content (AvgIpc) is 2.66. The van der Waals surface area contributed by atoms with Gasteiger partial charge in [-0.25, -0.2) is 0 Å². The lowest BCUT2D eigenvalue weighted by Crippen LogP contribution is -2.32. The maximum atomic E-state index is 12.6. The van der Waals surface area contributed by atoms with Crippen molar-refractivity contribution >= 4 is 17.7 Å². The minimum absolute atomic E-state index is 0.193. The van der Waals surface area contributed by atoms with Crippen LogP contribution in [0, 0.1) is 0 Å². The highest BCUT2D eigenvalue weighted by atomic mass is 16.5. The minimum atomic E-state index is -0.384. The van der Waals surface area contributed by atoms with Crippen molar-refractivity contribution < 1.29 is 19.0 Å². The Balaban J connectivity index is 2.46. The van der Waals surface area contributed by atoms with E-state index in [4.69, 9.17) is 14.2 Å². The molecule has 0 aliphatic carbocycles. The van der Waals surface area contributed by atoms with Crippen molar-refractivity contribution in [1.29, 1.82) is 0 Å². The summed E-state index contributed by atoms with van der Waals surface area (Å²) in [6, 6.07) is 9.94. The van der Waals surface area contributed by atoms with E-state index in [2.05, 4.69) is 5.32 Å². The first-order chi connectivity index (χ1) is 12.6. The van der Waals surface area contributed by atoms with Gasteiger partial charge in [0.1, 0.15) is 5.70 Å². The largest absolute Gasteiger partial charge is 0.493 e. The molecule has 1 heterocycles. The molecule has 0 fully saturated rings. The molecule has 138 valence electrons. The van der Waals surface area contributed by atoms with E-state index >= 15 is 0 Å². The zero-order valence-corrected chi connectivity index (χ0v) is 15.0. The molecule has 0 aliphatic heterocycles. The molecule has 1 aromatic carbocycles. The molecule has 2 aromatic rings. The molecule has 0 spiro atoms. The summed E-state index contributed by atoms with van der Waals surface area (Å²) < 4.78 is 16.7. The highest BCUT2D eigenvalue weighted by molar-refractivity contribution is 6.18. The highest BCUT2D eigenvalue weighted by Crippen LogP contribution is 2.28. The van der Waals surface area contributed by atoms with Gasteiger partial charge in [-0.3, -0.25) is 14.2 Å². The van der Waals surface area contributed by atoms with E-state index in [0.29, 0.717) is 30.2 Å². The predicted molar refractivity (Wildman–Crippen MR) is 99.3 cm³/mol. The van der Waals surface area contributed by atoms with Crippen LogP contribution in [-0.4, -0.2) is 45.0 Å². The van der Waals surface area contributed by atoms with Crippen LogP contribution >= 0.6 is 0 Å². The molecule has 7 nitrogen and oxygen atoms in total. The van der Waals surface area contributed by atoms with Crippen molar-refractivity contribution in [2.24, 2.45) is 0 Å². The van der Waals surface area contributed by atoms with E-state index in [1.807, 2.05) is 0 Å². The SMILES string of the molecule is COCCNC(=O)C(=Cc1ccc(OC)c(OC)c1)n1ccccc1=O. The number of rotatable bonds is 8. The summed E-state index contributed by atoms with van der Waals surface area (Å²) in [4.78, 5) is 24.8. The molecule has 0 saturated carbocycles. The molecule has 1 amide bonds. The number of nitrogens with zero attached hydrogens (tertiary/aromatic N) is 1. The zero-order chi connectivity index (χ0) is 18.9. The van der Waals surface area contributed by atoms with Gasteiger partial charge in [0, 0.05) is 25.9 Å². The number of pyridine rings is 1. The van der Waals surface area contributed by atoms with Crippen LogP contribution in [0.15, 0.2) is 47.4 Å². The Hall–Kier alpha value is -3.06. The predicted octanol–water partition coefficient (Wildman–Crippen LogP) is 1.63.